The third kappa shape index (κ3) is 3.10. The van der Waals surface area contributed by atoms with Crippen LogP contribution in [-0.2, 0) is 15.0 Å². The van der Waals surface area contributed by atoms with Crippen LogP contribution in [0.2, 0.25) is 0 Å². The van der Waals surface area contributed by atoms with Gasteiger partial charge in [0.25, 0.3) is 5.91 Å². The number of halogens is 1. The number of hydrogen-bond acceptors (Lipinski definition) is 3. The maximum atomic E-state index is 13.2. The zero-order chi connectivity index (χ0) is 15.8. The number of amides is 1. The van der Waals surface area contributed by atoms with Crippen LogP contribution in [0.3, 0.4) is 0 Å². The van der Waals surface area contributed by atoms with E-state index in [0.717, 1.165) is 4.31 Å². The first kappa shape index (κ1) is 15.2. The average Bonchev–Trinajstić information content (AvgIpc) is 2.37. The van der Waals surface area contributed by atoms with Gasteiger partial charge in [-0.1, -0.05) is 6.07 Å². The average molecular weight is 311 g/mol. The molecule has 0 saturated carbocycles. The van der Waals surface area contributed by atoms with E-state index in [2.05, 4.69) is 9.71 Å². The molecule has 21 heavy (non-hydrogen) atoms. The van der Waals surface area contributed by atoms with Gasteiger partial charge >= 0.3 is 10.2 Å². The quantitative estimate of drug-likeness (QED) is 0.901. The molecule has 1 heterocycles. The van der Waals surface area contributed by atoms with Crippen LogP contribution in [0.1, 0.15) is 12.5 Å². The summed E-state index contributed by atoms with van der Waals surface area (Å²) in [6, 6.07) is 4.03. The summed E-state index contributed by atoms with van der Waals surface area (Å²) in [4.78, 5) is 12.2. The summed E-state index contributed by atoms with van der Waals surface area (Å²) in [5, 5.41) is 2.55. The topological polar surface area (TPSA) is 78.8 Å². The predicted molar refractivity (Wildman–Crippen MR) is 77.6 cm³/mol. The van der Waals surface area contributed by atoms with Gasteiger partial charge in [-0.25, -0.2) is 4.39 Å². The third-order valence-electron chi connectivity index (χ3n) is 3.01. The number of anilines is 1. The number of carbonyl (C=O) groups excluding carboxylic acids is 1. The zero-order valence-electron chi connectivity index (χ0n) is 11.7. The summed E-state index contributed by atoms with van der Waals surface area (Å²) in [5.74, 6) is -1.02. The molecule has 1 aromatic rings. The number of rotatable bonds is 2. The summed E-state index contributed by atoms with van der Waals surface area (Å²) in [6.45, 7) is 3.15. The van der Waals surface area contributed by atoms with Crippen LogP contribution in [0, 0.1) is 12.7 Å². The molecule has 0 saturated heterocycles. The van der Waals surface area contributed by atoms with Crippen molar-refractivity contribution in [2.24, 2.45) is 4.40 Å². The van der Waals surface area contributed by atoms with E-state index in [9.17, 15) is 17.6 Å². The van der Waals surface area contributed by atoms with Crippen molar-refractivity contribution in [2.45, 2.75) is 13.8 Å². The van der Waals surface area contributed by atoms with Crippen LogP contribution in [-0.4, -0.2) is 31.4 Å². The fourth-order valence-electron chi connectivity index (χ4n) is 1.77. The van der Waals surface area contributed by atoms with Crippen molar-refractivity contribution in [1.82, 2.24) is 4.31 Å². The summed E-state index contributed by atoms with van der Waals surface area (Å²) >= 11 is 0. The first-order valence-corrected chi connectivity index (χ1v) is 7.44. The molecule has 1 aromatic carbocycles. The van der Waals surface area contributed by atoms with Crippen molar-refractivity contribution in [3.8, 4) is 0 Å². The lowest BCUT2D eigenvalue weighted by Gasteiger charge is -2.20. The van der Waals surface area contributed by atoms with Gasteiger partial charge in [-0.3, -0.25) is 9.10 Å². The summed E-state index contributed by atoms with van der Waals surface area (Å²) in [6.07, 6.45) is 1.18. The number of aryl methyl sites for hydroxylation is 1. The first-order chi connectivity index (χ1) is 9.70. The van der Waals surface area contributed by atoms with Gasteiger partial charge in [-0.15, -0.1) is 4.40 Å². The Kier molecular flexibility index (Phi) is 3.82. The Labute approximate surface area is 122 Å². The molecular formula is C13H14FN3O3S. The van der Waals surface area contributed by atoms with Gasteiger partial charge in [-0.2, -0.15) is 8.42 Å². The molecule has 0 radical (unpaired) electrons. The Bertz CT molecular complexity index is 769. The number of hydrogen-bond donors (Lipinski definition) is 1. The minimum atomic E-state index is -3.76. The highest BCUT2D eigenvalue weighted by atomic mass is 32.2. The highest BCUT2D eigenvalue weighted by Crippen LogP contribution is 2.19. The fraction of sp³-hybridized carbons (Fsp3) is 0.231. The Hall–Kier alpha value is -2.22. The Morgan fingerprint density at radius 1 is 1.33 bits per heavy atom. The number of nitrogens with zero attached hydrogens (tertiary/aromatic N) is 2. The molecule has 0 unspecified atom stereocenters. The molecule has 0 atom stereocenters. The lowest BCUT2D eigenvalue weighted by atomic mass is 10.1. The van der Waals surface area contributed by atoms with Crippen LogP contribution in [0.25, 0.3) is 0 Å². The molecule has 1 amide bonds. The third-order valence-corrected chi connectivity index (χ3v) is 4.35. The van der Waals surface area contributed by atoms with Crippen molar-refractivity contribution >= 4 is 27.5 Å². The Balaban J connectivity index is 2.30. The predicted octanol–water partition coefficient (Wildman–Crippen LogP) is 1.61. The molecule has 112 valence electrons. The molecule has 1 N–H and O–H groups in total. The fourth-order valence-corrected chi connectivity index (χ4v) is 2.58. The highest BCUT2D eigenvalue weighted by Gasteiger charge is 2.25. The Morgan fingerprint density at radius 2 is 2.00 bits per heavy atom. The van der Waals surface area contributed by atoms with Gasteiger partial charge < -0.3 is 5.32 Å². The molecule has 0 fully saturated rings. The van der Waals surface area contributed by atoms with E-state index in [1.54, 1.807) is 6.92 Å². The summed E-state index contributed by atoms with van der Waals surface area (Å²) in [7, 11) is -2.48. The van der Waals surface area contributed by atoms with E-state index in [4.69, 9.17) is 0 Å². The van der Waals surface area contributed by atoms with Crippen molar-refractivity contribution in [3.05, 3.63) is 41.4 Å². The number of carbonyl (C=O) groups is 1. The molecule has 0 aliphatic carbocycles. The molecule has 0 aromatic heterocycles. The smallest absolute Gasteiger partial charge is 0.322 e. The summed E-state index contributed by atoms with van der Waals surface area (Å²) in [5.41, 5.74) is 1.21. The summed E-state index contributed by atoms with van der Waals surface area (Å²) < 4.78 is 40.6. The van der Waals surface area contributed by atoms with Crippen LogP contribution in [0.4, 0.5) is 10.1 Å². The second-order valence-electron chi connectivity index (χ2n) is 4.63. The first-order valence-electron chi connectivity index (χ1n) is 6.05. The van der Waals surface area contributed by atoms with Gasteiger partial charge in [0.1, 0.15) is 5.82 Å². The molecule has 1 aliphatic rings. The second-order valence-corrected chi connectivity index (χ2v) is 6.28. The standard InChI is InChI=1S/C13H14FN3O3S/c1-8-4-5-10(14)6-12(8)15-13(18)11-7-17(3)21(19,20)16-9(11)2/h4-7H,1-3H3,(H,15,18). The second kappa shape index (κ2) is 5.28. The minimum absolute atomic E-state index is 0.0830. The van der Waals surface area contributed by atoms with Gasteiger partial charge in [-0.05, 0) is 31.5 Å². The van der Waals surface area contributed by atoms with Gasteiger partial charge in [0.15, 0.2) is 0 Å². The molecule has 2 rings (SSSR count). The molecule has 0 spiro atoms. The van der Waals surface area contributed by atoms with Crippen molar-refractivity contribution in [2.75, 3.05) is 12.4 Å². The van der Waals surface area contributed by atoms with E-state index >= 15 is 0 Å². The van der Waals surface area contributed by atoms with E-state index in [1.165, 1.54) is 38.4 Å². The number of nitrogens with one attached hydrogen (secondary N) is 1. The lowest BCUT2D eigenvalue weighted by molar-refractivity contribution is -0.112. The highest BCUT2D eigenvalue weighted by molar-refractivity contribution is 7.88. The van der Waals surface area contributed by atoms with Crippen LogP contribution < -0.4 is 5.32 Å². The molecule has 1 aliphatic heterocycles. The SMILES string of the molecule is CC1=NS(=O)(=O)N(C)C=C1C(=O)Nc1cc(F)ccc1C. The van der Waals surface area contributed by atoms with E-state index < -0.39 is 21.9 Å². The van der Waals surface area contributed by atoms with Crippen molar-refractivity contribution in [3.63, 3.8) is 0 Å². The van der Waals surface area contributed by atoms with E-state index in [1.807, 2.05) is 0 Å². The normalized spacial score (nSPS) is 17.0. The van der Waals surface area contributed by atoms with Gasteiger partial charge in [0, 0.05) is 18.9 Å². The van der Waals surface area contributed by atoms with E-state index in [-0.39, 0.29) is 11.3 Å². The van der Waals surface area contributed by atoms with Crippen LogP contribution >= 0.6 is 0 Å². The zero-order valence-corrected chi connectivity index (χ0v) is 12.5. The molecule has 8 heteroatoms. The minimum Gasteiger partial charge on any atom is -0.322 e. The van der Waals surface area contributed by atoms with Crippen LogP contribution in [0.15, 0.2) is 34.4 Å². The van der Waals surface area contributed by atoms with Crippen molar-refractivity contribution < 1.29 is 17.6 Å². The van der Waals surface area contributed by atoms with Gasteiger partial charge in [0.05, 0.1) is 11.3 Å². The van der Waals surface area contributed by atoms with Gasteiger partial charge in [0.2, 0.25) is 0 Å². The Morgan fingerprint density at radius 3 is 2.67 bits per heavy atom. The maximum Gasteiger partial charge on any atom is 0.344 e. The molecule has 0 bridgehead atoms. The van der Waals surface area contributed by atoms with Crippen molar-refractivity contribution in [1.29, 1.82) is 0 Å². The molecule has 6 nitrogen and oxygen atoms in total. The monoisotopic (exact) mass is 311 g/mol. The molecular weight excluding hydrogens is 297 g/mol. The lowest BCUT2D eigenvalue weighted by Crippen LogP contribution is -2.30. The number of benzene rings is 1. The van der Waals surface area contributed by atoms with E-state index in [0.29, 0.717) is 11.3 Å². The maximum absolute atomic E-state index is 13.2. The van der Waals surface area contributed by atoms with Crippen LogP contribution in [0.5, 0.6) is 0 Å². The largest absolute Gasteiger partial charge is 0.344 e.